The quantitative estimate of drug-likeness (QED) is 0.645. The minimum atomic E-state index is -0.412. The Hall–Kier alpha value is -1.65. The molecule has 0 unspecified atom stereocenters. The van der Waals surface area contributed by atoms with Crippen LogP contribution in [0.5, 0.6) is 0 Å². The Kier molecular flexibility index (Phi) is 5.36. The third-order valence-corrected chi connectivity index (χ3v) is 4.99. The molecule has 1 atom stereocenters. The monoisotopic (exact) mass is 346 g/mol. The van der Waals surface area contributed by atoms with E-state index >= 15 is 0 Å². The van der Waals surface area contributed by atoms with E-state index in [0.717, 1.165) is 31.0 Å². The van der Waals surface area contributed by atoms with Gasteiger partial charge in [0.1, 0.15) is 0 Å². The lowest BCUT2D eigenvalue weighted by atomic mass is 9.98. The van der Waals surface area contributed by atoms with Crippen LogP contribution in [0.15, 0.2) is 33.9 Å². The van der Waals surface area contributed by atoms with Crippen molar-refractivity contribution in [1.29, 1.82) is 0 Å². The average molecular weight is 347 g/mol. The van der Waals surface area contributed by atoms with E-state index in [-0.39, 0.29) is 0 Å². The van der Waals surface area contributed by atoms with Crippen LogP contribution in [0.1, 0.15) is 26.2 Å². The fourth-order valence-corrected chi connectivity index (χ4v) is 3.58. The maximum atomic E-state index is 11.9. The molecule has 24 heavy (non-hydrogen) atoms. The van der Waals surface area contributed by atoms with Crippen LogP contribution >= 0.6 is 11.6 Å². The molecule has 128 valence electrons. The summed E-state index contributed by atoms with van der Waals surface area (Å²) in [7, 11) is 0. The molecule has 2 aromatic rings. The van der Waals surface area contributed by atoms with Crippen molar-refractivity contribution in [2.24, 2.45) is 5.92 Å². The van der Waals surface area contributed by atoms with Gasteiger partial charge in [0.15, 0.2) is 0 Å². The molecular formula is C19H23ClN2O2. The van der Waals surface area contributed by atoms with Crippen LogP contribution < -0.4 is 16.2 Å². The first-order chi connectivity index (χ1) is 11.6. The zero-order chi connectivity index (χ0) is 17.1. The maximum absolute atomic E-state index is 11.9. The zero-order valence-electron chi connectivity index (χ0n) is 14.0. The van der Waals surface area contributed by atoms with Crippen LogP contribution in [0.25, 0.3) is 11.1 Å². The Balaban J connectivity index is 1.56. The number of halogens is 1. The zero-order valence-corrected chi connectivity index (χ0v) is 14.7. The summed E-state index contributed by atoms with van der Waals surface area (Å²) in [5, 5.41) is 3.78. The molecule has 1 saturated heterocycles. The van der Waals surface area contributed by atoms with Crippen LogP contribution in [0, 0.1) is 5.92 Å². The second-order valence-electron chi connectivity index (χ2n) is 6.74. The molecule has 5 heteroatoms. The van der Waals surface area contributed by atoms with Gasteiger partial charge in [-0.3, -0.25) is 9.59 Å². The summed E-state index contributed by atoms with van der Waals surface area (Å²) >= 11 is 5.88. The number of likely N-dealkylation sites (tertiary alicyclic amines) is 1. The fraction of sp³-hybridized carbons (Fsp3) is 0.474. The van der Waals surface area contributed by atoms with Crippen molar-refractivity contribution in [2.45, 2.75) is 26.2 Å². The van der Waals surface area contributed by atoms with Crippen molar-refractivity contribution < 1.29 is 0 Å². The van der Waals surface area contributed by atoms with Crippen LogP contribution in [0.4, 0.5) is 5.69 Å². The predicted octanol–water partition coefficient (Wildman–Crippen LogP) is 3.14. The van der Waals surface area contributed by atoms with Gasteiger partial charge in [-0.05, 0) is 56.0 Å². The summed E-state index contributed by atoms with van der Waals surface area (Å²) in [4.78, 5) is 26.2. The van der Waals surface area contributed by atoms with Gasteiger partial charge in [0.2, 0.25) is 10.9 Å². The number of hydrogen-bond acceptors (Lipinski definition) is 4. The van der Waals surface area contributed by atoms with Crippen molar-refractivity contribution in [3.05, 3.63) is 49.7 Å². The molecule has 1 aliphatic rings. The van der Waals surface area contributed by atoms with Gasteiger partial charge >= 0.3 is 0 Å². The van der Waals surface area contributed by atoms with Gasteiger partial charge in [0, 0.05) is 18.1 Å². The second kappa shape index (κ2) is 7.49. The van der Waals surface area contributed by atoms with Crippen molar-refractivity contribution >= 4 is 17.3 Å². The van der Waals surface area contributed by atoms with Crippen LogP contribution in [0.3, 0.4) is 0 Å². The molecule has 1 fully saturated rings. The first-order valence-electron chi connectivity index (χ1n) is 8.61. The third-order valence-electron chi connectivity index (χ3n) is 4.74. The molecule has 1 N–H and O–H groups in total. The molecule has 0 saturated carbocycles. The first-order valence-corrected chi connectivity index (χ1v) is 8.99. The highest BCUT2D eigenvalue weighted by atomic mass is 35.5. The molecule has 0 spiro atoms. The van der Waals surface area contributed by atoms with Gasteiger partial charge in [-0.1, -0.05) is 30.7 Å². The smallest absolute Gasteiger partial charge is 0.250 e. The summed E-state index contributed by atoms with van der Waals surface area (Å²) in [5.74, 6) is 0.775. The van der Waals surface area contributed by atoms with Gasteiger partial charge in [-0.2, -0.15) is 0 Å². The fourth-order valence-electron chi connectivity index (χ4n) is 3.46. The number of hydrogen-bond donors (Lipinski definition) is 1. The Labute approximate surface area is 147 Å². The molecule has 0 aromatic heterocycles. The molecule has 0 amide bonds. The summed E-state index contributed by atoms with van der Waals surface area (Å²) in [6.45, 7) is 6.36. The Morgan fingerprint density at radius 2 is 1.96 bits per heavy atom. The molecule has 2 aromatic carbocycles. The first kappa shape index (κ1) is 17.2. The van der Waals surface area contributed by atoms with Gasteiger partial charge in [0.25, 0.3) is 0 Å². The van der Waals surface area contributed by atoms with E-state index in [0.29, 0.717) is 22.8 Å². The summed E-state index contributed by atoms with van der Waals surface area (Å²) in [6.07, 6.45) is 3.56. The molecule has 0 bridgehead atoms. The number of anilines is 1. The minimum absolute atomic E-state index is 0.411. The van der Waals surface area contributed by atoms with Gasteiger partial charge in [-0.25, -0.2) is 0 Å². The standard InChI is InChI=1S/C19H23ClN2O2/c1-13-4-2-10-22(12-13)11-3-9-21-17-16(18(23)19(17)24)14-5-7-15(20)8-6-14/h5-8,13,21H,2-4,9-12H2,1H3/t13-/m0/s1. The average Bonchev–Trinajstić information content (AvgIpc) is 2.58. The normalized spacial score (nSPS) is 18.8. The molecule has 1 heterocycles. The Morgan fingerprint density at radius 3 is 2.67 bits per heavy atom. The minimum Gasteiger partial charge on any atom is -0.381 e. The largest absolute Gasteiger partial charge is 0.381 e. The molecule has 3 rings (SSSR count). The van der Waals surface area contributed by atoms with E-state index in [4.69, 9.17) is 11.6 Å². The number of benzene rings is 1. The number of piperidine rings is 1. The van der Waals surface area contributed by atoms with E-state index in [1.807, 2.05) is 0 Å². The van der Waals surface area contributed by atoms with E-state index in [9.17, 15) is 9.59 Å². The van der Waals surface area contributed by atoms with Gasteiger partial charge < -0.3 is 10.2 Å². The van der Waals surface area contributed by atoms with Crippen molar-refractivity contribution in [1.82, 2.24) is 4.90 Å². The van der Waals surface area contributed by atoms with E-state index in [1.165, 1.54) is 19.4 Å². The van der Waals surface area contributed by atoms with E-state index in [1.54, 1.807) is 24.3 Å². The highest BCUT2D eigenvalue weighted by Gasteiger charge is 2.22. The van der Waals surface area contributed by atoms with Gasteiger partial charge in [-0.15, -0.1) is 0 Å². The second-order valence-corrected chi connectivity index (χ2v) is 7.18. The Morgan fingerprint density at radius 1 is 1.21 bits per heavy atom. The summed E-state index contributed by atoms with van der Waals surface area (Å²) in [5.41, 5.74) is 0.866. The molecule has 1 aliphatic heterocycles. The molecule has 0 radical (unpaired) electrons. The highest BCUT2D eigenvalue weighted by molar-refractivity contribution is 6.30. The van der Waals surface area contributed by atoms with E-state index < -0.39 is 10.9 Å². The number of nitrogens with zero attached hydrogens (tertiary/aromatic N) is 1. The lowest BCUT2D eigenvalue weighted by molar-refractivity contribution is 0.183. The Bertz CT molecular complexity index is 763. The summed E-state index contributed by atoms with van der Waals surface area (Å²) in [6, 6.07) is 7.02. The SMILES string of the molecule is C[C@H]1CCCN(CCCNc2c(-c3ccc(Cl)cc3)c(=O)c2=O)C1. The topological polar surface area (TPSA) is 49.4 Å². The van der Waals surface area contributed by atoms with Crippen molar-refractivity contribution in [2.75, 3.05) is 31.5 Å². The predicted molar refractivity (Wildman–Crippen MR) is 99.7 cm³/mol. The van der Waals surface area contributed by atoms with Gasteiger partial charge in [0.05, 0.1) is 11.3 Å². The number of rotatable bonds is 6. The summed E-state index contributed by atoms with van der Waals surface area (Å²) < 4.78 is 0. The van der Waals surface area contributed by atoms with Crippen LogP contribution in [-0.2, 0) is 0 Å². The highest BCUT2D eigenvalue weighted by Crippen LogP contribution is 2.25. The van der Waals surface area contributed by atoms with Crippen molar-refractivity contribution in [3.8, 4) is 11.1 Å². The number of nitrogens with one attached hydrogen (secondary N) is 1. The lowest BCUT2D eigenvalue weighted by Crippen LogP contribution is -2.38. The van der Waals surface area contributed by atoms with Crippen LogP contribution in [-0.4, -0.2) is 31.1 Å². The molecule has 0 aliphatic carbocycles. The third kappa shape index (κ3) is 3.70. The molecular weight excluding hydrogens is 324 g/mol. The van der Waals surface area contributed by atoms with Crippen LogP contribution in [0.2, 0.25) is 5.02 Å². The molecule has 4 nitrogen and oxygen atoms in total. The van der Waals surface area contributed by atoms with E-state index in [2.05, 4.69) is 17.1 Å². The lowest BCUT2D eigenvalue weighted by Gasteiger charge is -2.30. The van der Waals surface area contributed by atoms with Crippen molar-refractivity contribution in [3.63, 3.8) is 0 Å². The maximum Gasteiger partial charge on any atom is 0.250 e.